The summed E-state index contributed by atoms with van der Waals surface area (Å²) in [6.45, 7) is 7.37. The first kappa shape index (κ1) is 14.7. The van der Waals surface area contributed by atoms with Crippen LogP contribution in [0.15, 0.2) is 18.2 Å². The van der Waals surface area contributed by atoms with Gasteiger partial charge in [-0.15, -0.1) is 0 Å². The molecule has 2 aliphatic heterocycles. The van der Waals surface area contributed by atoms with Crippen molar-refractivity contribution in [1.29, 1.82) is 0 Å². The van der Waals surface area contributed by atoms with Crippen LogP contribution in [-0.4, -0.2) is 32.0 Å². The van der Waals surface area contributed by atoms with Gasteiger partial charge in [-0.2, -0.15) is 0 Å². The summed E-state index contributed by atoms with van der Waals surface area (Å²) < 4.78 is 17.5. The number of ether oxygens (including phenoxy) is 3. The molecule has 2 unspecified atom stereocenters. The molecule has 1 fully saturated rings. The Morgan fingerprint density at radius 2 is 1.95 bits per heavy atom. The fraction of sp³-hybridized carbons (Fsp3) is 0.647. The number of hydrogen-bond acceptors (Lipinski definition) is 4. The molecule has 3 rings (SSSR count). The largest absolute Gasteiger partial charge is 0.486 e. The van der Waals surface area contributed by atoms with Gasteiger partial charge in [-0.25, -0.2) is 0 Å². The topological polar surface area (TPSA) is 39.7 Å². The number of fused-ring (bicyclic) bond motifs is 1. The Kier molecular flexibility index (Phi) is 4.36. The van der Waals surface area contributed by atoms with Gasteiger partial charge in [0.1, 0.15) is 13.2 Å². The molecule has 0 spiro atoms. The van der Waals surface area contributed by atoms with Crippen molar-refractivity contribution in [2.24, 2.45) is 0 Å². The minimum Gasteiger partial charge on any atom is -0.486 e. The summed E-state index contributed by atoms with van der Waals surface area (Å²) in [5.74, 6) is 1.69. The second-order valence-electron chi connectivity index (χ2n) is 6.01. The van der Waals surface area contributed by atoms with Crippen LogP contribution in [0.25, 0.3) is 0 Å². The van der Waals surface area contributed by atoms with E-state index in [0.29, 0.717) is 13.2 Å². The molecule has 4 nitrogen and oxygen atoms in total. The molecule has 0 aliphatic carbocycles. The molecule has 2 aliphatic rings. The summed E-state index contributed by atoms with van der Waals surface area (Å²) in [5.41, 5.74) is 1.06. The fourth-order valence-corrected chi connectivity index (χ4v) is 3.31. The third-order valence-electron chi connectivity index (χ3n) is 4.42. The molecule has 21 heavy (non-hydrogen) atoms. The monoisotopic (exact) mass is 291 g/mol. The molecule has 0 radical (unpaired) electrons. The summed E-state index contributed by atoms with van der Waals surface area (Å²) in [6.07, 6.45) is 3.47. The van der Waals surface area contributed by atoms with Crippen molar-refractivity contribution >= 4 is 0 Å². The Morgan fingerprint density at radius 1 is 1.14 bits per heavy atom. The normalized spacial score (nSPS) is 26.4. The first-order valence-electron chi connectivity index (χ1n) is 8.00. The van der Waals surface area contributed by atoms with Gasteiger partial charge in [0.15, 0.2) is 11.5 Å². The van der Waals surface area contributed by atoms with Gasteiger partial charge in [-0.1, -0.05) is 13.0 Å². The quantitative estimate of drug-likeness (QED) is 0.925. The molecule has 0 bridgehead atoms. The predicted octanol–water partition coefficient (Wildman–Crippen LogP) is 3.07. The van der Waals surface area contributed by atoms with Crippen LogP contribution in [0.3, 0.4) is 0 Å². The van der Waals surface area contributed by atoms with Crippen LogP contribution in [0, 0.1) is 0 Å². The van der Waals surface area contributed by atoms with Crippen LogP contribution in [0.2, 0.25) is 0 Å². The Hall–Kier alpha value is -1.26. The lowest BCUT2D eigenvalue weighted by molar-refractivity contribution is -0.0895. The Morgan fingerprint density at radius 3 is 2.67 bits per heavy atom. The van der Waals surface area contributed by atoms with Crippen LogP contribution in [0.1, 0.15) is 44.7 Å². The van der Waals surface area contributed by atoms with E-state index in [1.807, 2.05) is 6.07 Å². The van der Waals surface area contributed by atoms with Crippen molar-refractivity contribution in [3.63, 3.8) is 0 Å². The van der Waals surface area contributed by atoms with Crippen LogP contribution in [0.5, 0.6) is 11.5 Å². The number of hydrogen-bond donors (Lipinski definition) is 1. The van der Waals surface area contributed by atoms with E-state index in [0.717, 1.165) is 37.5 Å². The van der Waals surface area contributed by atoms with Crippen molar-refractivity contribution in [3.05, 3.63) is 23.8 Å². The van der Waals surface area contributed by atoms with E-state index in [9.17, 15) is 0 Å². The fourth-order valence-electron chi connectivity index (χ4n) is 3.31. The molecule has 0 saturated carbocycles. The van der Waals surface area contributed by atoms with Crippen molar-refractivity contribution < 1.29 is 14.2 Å². The number of benzene rings is 1. The van der Waals surface area contributed by atoms with Crippen molar-refractivity contribution in [2.75, 3.05) is 26.4 Å². The highest BCUT2D eigenvalue weighted by Crippen LogP contribution is 2.40. The number of rotatable bonds is 4. The molecular weight excluding hydrogens is 266 g/mol. The predicted molar refractivity (Wildman–Crippen MR) is 82.1 cm³/mol. The molecule has 4 heteroatoms. The van der Waals surface area contributed by atoms with E-state index >= 15 is 0 Å². The second-order valence-corrected chi connectivity index (χ2v) is 6.01. The van der Waals surface area contributed by atoms with E-state index in [1.165, 1.54) is 12.0 Å². The molecule has 2 heterocycles. The zero-order valence-electron chi connectivity index (χ0n) is 13.0. The van der Waals surface area contributed by atoms with Gasteiger partial charge in [-0.3, -0.25) is 0 Å². The molecule has 1 N–H and O–H groups in total. The average Bonchev–Trinajstić information content (AvgIpc) is 2.53. The Balaban J connectivity index is 1.89. The third kappa shape index (κ3) is 3.01. The molecular formula is C17H25NO3. The van der Waals surface area contributed by atoms with Gasteiger partial charge in [0.2, 0.25) is 0 Å². The maximum Gasteiger partial charge on any atom is 0.161 e. The summed E-state index contributed by atoms with van der Waals surface area (Å²) in [4.78, 5) is 0. The van der Waals surface area contributed by atoms with Gasteiger partial charge in [0, 0.05) is 6.61 Å². The highest BCUT2D eigenvalue weighted by molar-refractivity contribution is 5.45. The van der Waals surface area contributed by atoms with Gasteiger partial charge in [0.25, 0.3) is 0 Å². The molecule has 0 aromatic heterocycles. The maximum absolute atomic E-state index is 6.14. The number of nitrogens with one attached hydrogen (secondary N) is 1. The minimum absolute atomic E-state index is 0.155. The van der Waals surface area contributed by atoms with Crippen LogP contribution < -0.4 is 14.8 Å². The highest BCUT2D eigenvalue weighted by Gasteiger charge is 2.37. The van der Waals surface area contributed by atoms with Gasteiger partial charge in [-0.05, 0) is 50.4 Å². The Bertz CT molecular complexity index is 483. The van der Waals surface area contributed by atoms with Gasteiger partial charge >= 0.3 is 0 Å². The minimum atomic E-state index is -0.155. The maximum atomic E-state index is 6.14. The average molecular weight is 291 g/mol. The zero-order valence-corrected chi connectivity index (χ0v) is 13.0. The van der Waals surface area contributed by atoms with Gasteiger partial charge < -0.3 is 19.5 Å². The Labute approximate surface area is 126 Å². The van der Waals surface area contributed by atoms with Crippen molar-refractivity contribution in [1.82, 2.24) is 5.32 Å². The van der Waals surface area contributed by atoms with Crippen molar-refractivity contribution in [3.8, 4) is 11.5 Å². The van der Waals surface area contributed by atoms with E-state index in [-0.39, 0.29) is 11.6 Å². The summed E-state index contributed by atoms with van der Waals surface area (Å²) in [5, 5.41) is 3.59. The van der Waals surface area contributed by atoms with E-state index in [2.05, 4.69) is 31.3 Å². The lowest BCUT2D eigenvalue weighted by Crippen LogP contribution is -2.45. The van der Waals surface area contributed by atoms with Gasteiger partial charge in [0.05, 0.1) is 11.6 Å². The first-order valence-corrected chi connectivity index (χ1v) is 8.00. The second kappa shape index (κ2) is 6.24. The van der Waals surface area contributed by atoms with Crippen molar-refractivity contribution in [2.45, 2.75) is 44.8 Å². The van der Waals surface area contributed by atoms with Crippen LogP contribution >= 0.6 is 0 Å². The standard InChI is InChI=1S/C17H25NO3/c1-3-18-16(17(2)8-4-5-9-21-17)13-6-7-14-15(12-13)20-11-10-19-14/h6-7,12,16,18H,3-5,8-11H2,1-2H3. The third-order valence-corrected chi connectivity index (χ3v) is 4.42. The molecule has 116 valence electrons. The first-order chi connectivity index (χ1) is 10.2. The smallest absolute Gasteiger partial charge is 0.161 e. The number of likely N-dealkylation sites (N-methyl/N-ethyl adjacent to an activating group) is 1. The highest BCUT2D eigenvalue weighted by atomic mass is 16.6. The molecule has 1 aromatic rings. The molecule has 2 atom stereocenters. The van der Waals surface area contributed by atoms with E-state index < -0.39 is 0 Å². The summed E-state index contributed by atoms with van der Waals surface area (Å²) >= 11 is 0. The van der Waals surface area contributed by atoms with Crippen LogP contribution in [-0.2, 0) is 4.74 Å². The summed E-state index contributed by atoms with van der Waals surface area (Å²) in [6, 6.07) is 6.42. The zero-order chi connectivity index (χ0) is 14.7. The lowest BCUT2D eigenvalue weighted by atomic mass is 9.84. The molecule has 1 saturated heterocycles. The van der Waals surface area contributed by atoms with E-state index in [4.69, 9.17) is 14.2 Å². The van der Waals surface area contributed by atoms with Crippen LogP contribution in [0.4, 0.5) is 0 Å². The van der Waals surface area contributed by atoms with E-state index in [1.54, 1.807) is 0 Å². The summed E-state index contributed by atoms with van der Waals surface area (Å²) in [7, 11) is 0. The molecule has 0 amide bonds. The lowest BCUT2D eigenvalue weighted by Gasteiger charge is -2.41. The SMILES string of the molecule is CCNC(c1ccc2c(c1)OCCO2)C1(C)CCCCO1. The molecule has 1 aromatic carbocycles.